The van der Waals surface area contributed by atoms with E-state index in [-0.39, 0.29) is 12.8 Å². The summed E-state index contributed by atoms with van der Waals surface area (Å²) in [6, 6.07) is 0.387. The molecule has 2 N–H and O–H groups in total. The molecule has 1 fully saturated rings. The van der Waals surface area contributed by atoms with Crippen LogP contribution in [0.25, 0.3) is 0 Å². The molecule has 2 rings (SSSR count). The monoisotopic (exact) mass is 285 g/mol. The summed E-state index contributed by atoms with van der Waals surface area (Å²) in [7, 11) is 0. The molecule has 0 radical (unpaired) electrons. The lowest BCUT2D eigenvalue weighted by atomic mass is 10.1. The zero-order chi connectivity index (χ0) is 14.9. The molecule has 106 valence electrons. The number of hydrogen-bond acceptors (Lipinski definition) is 5. The van der Waals surface area contributed by atoms with E-state index in [2.05, 4.69) is 5.32 Å². The summed E-state index contributed by atoms with van der Waals surface area (Å²) in [4.78, 5) is 32.4. The number of nitro groups is 1. The highest BCUT2D eigenvalue weighted by atomic mass is 19.2. The zero-order valence-electron chi connectivity index (χ0n) is 9.98. The van der Waals surface area contributed by atoms with Gasteiger partial charge in [-0.15, -0.1) is 0 Å². The molecule has 1 unspecified atom stereocenters. The van der Waals surface area contributed by atoms with Crippen molar-refractivity contribution in [2.75, 3.05) is 5.32 Å². The lowest BCUT2D eigenvalue weighted by molar-refractivity contribution is -0.384. The molecule has 7 nitrogen and oxygen atoms in total. The van der Waals surface area contributed by atoms with Gasteiger partial charge in [-0.2, -0.15) is 0 Å². The highest BCUT2D eigenvalue weighted by Gasteiger charge is 2.30. The van der Waals surface area contributed by atoms with Crippen molar-refractivity contribution in [3.63, 3.8) is 0 Å². The maximum atomic E-state index is 13.6. The Morgan fingerprint density at radius 3 is 2.65 bits per heavy atom. The van der Waals surface area contributed by atoms with Gasteiger partial charge in [-0.3, -0.25) is 25.0 Å². The number of carbonyl (C=O) groups excluding carboxylic acids is 2. The molecule has 1 atom stereocenters. The molecule has 0 aliphatic carbocycles. The second kappa shape index (κ2) is 5.19. The van der Waals surface area contributed by atoms with Crippen molar-refractivity contribution in [1.82, 2.24) is 5.32 Å². The number of carbonyl (C=O) groups is 2. The minimum absolute atomic E-state index is 0.00807. The van der Waals surface area contributed by atoms with Crippen LogP contribution < -0.4 is 10.6 Å². The second-order valence-corrected chi connectivity index (χ2v) is 4.16. The summed E-state index contributed by atoms with van der Waals surface area (Å²) in [5, 5.41) is 15.1. The molecule has 1 aliphatic heterocycles. The first kappa shape index (κ1) is 13.8. The van der Waals surface area contributed by atoms with Crippen LogP contribution in [0.5, 0.6) is 0 Å². The first-order valence-electron chi connectivity index (χ1n) is 5.62. The van der Waals surface area contributed by atoms with Crippen molar-refractivity contribution in [1.29, 1.82) is 0 Å². The fraction of sp³-hybridized carbons (Fsp3) is 0.273. The number of halogens is 2. The normalized spacial score (nSPS) is 18.6. The molecule has 9 heteroatoms. The fourth-order valence-corrected chi connectivity index (χ4v) is 1.84. The second-order valence-electron chi connectivity index (χ2n) is 4.16. The summed E-state index contributed by atoms with van der Waals surface area (Å²) in [6.45, 7) is 0. The van der Waals surface area contributed by atoms with E-state index >= 15 is 0 Å². The van der Waals surface area contributed by atoms with E-state index in [0.717, 1.165) is 6.07 Å². The molecular weight excluding hydrogens is 276 g/mol. The van der Waals surface area contributed by atoms with Crippen molar-refractivity contribution < 1.29 is 23.3 Å². The maximum Gasteiger partial charge on any atom is 0.295 e. The number of anilines is 1. The van der Waals surface area contributed by atoms with Crippen LogP contribution in [0, 0.1) is 21.7 Å². The predicted octanol–water partition coefficient (Wildman–Crippen LogP) is 1.09. The van der Waals surface area contributed by atoms with Gasteiger partial charge in [-0.05, 0) is 12.5 Å². The molecule has 2 amide bonds. The number of nitrogens with one attached hydrogen (secondary N) is 2. The molecule has 0 saturated carbocycles. The van der Waals surface area contributed by atoms with Gasteiger partial charge in [0.25, 0.3) is 5.69 Å². The Morgan fingerprint density at radius 2 is 2.05 bits per heavy atom. The molecule has 0 bridgehead atoms. The standard InChI is InChI=1S/C11H9F2N3O4/c12-5-1-3-7(16(19)20)10(9(5)13)14-6-2-4-8(17)15-11(6)18/h1,3,6,14H,2,4H2,(H,15,17,18). The molecule has 0 spiro atoms. The maximum absolute atomic E-state index is 13.6. The molecule has 1 aromatic carbocycles. The van der Waals surface area contributed by atoms with Crippen LogP contribution in [0.3, 0.4) is 0 Å². The van der Waals surface area contributed by atoms with Crippen LogP contribution in [0.15, 0.2) is 12.1 Å². The van der Waals surface area contributed by atoms with E-state index < -0.39 is 45.8 Å². The van der Waals surface area contributed by atoms with Crippen molar-refractivity contribution in [3.8, 4) is 0 Å². The molecule has 0 aromatic heterocycles. The van der Waals surface area contributed by atoms with E-state index in [9.17, 15) is 28.5 Å². The molecule has 1 heterocycles. The predicted molar refractivity (Wildman–Crippen MR) is 62.8 cm³/mol. The Labute approximate surface area is 111 Å². The average Bonchev–Trinajstić information content (AvgIpc) is 2.37. The van der Waals surface area contributed by atoms with E-state index in [1.54, 1.807) is 0 Å². The molecule has 1 aliphatic rings. The summed E-state index contributed by atoms with van der Waals surface area (Å²) in [5.41, 5.74) is -1.39. The third-order valence-corrected chi connectivity index (χ3v) is 2.83. The summed E-state index contributed by atoms with van der Waals surface area (Å²) < 4.78 is 26.8. The number of nitrogens with zero attached hydrogens (tertiary/aromatic N) is 1. The number of hydrogen-bond donors (Lipinski definition) is 2. The molecule has 1 aromatic rings. The van der Waals surface area contributed by atoms with Crippen molar-refractivity contribution in [3.05, 3.63) is 33.9 Å². The third kappa shape index (κ3) is 2.56. The van der Waals surface area contributed by atoms with Gasteiger partial charge >= 0.3 is 0 Å². The van der Waals surface area contributed by atoms with E-state index in [4.69, 9.17) is 0 Å². The minimum Gasteiger partial charge on any atom is -0.366 e. The van der Waals surface area contributed by atoms with Gasteiger partial charge in [-0.1, -0.05) is 0 Å². The Hall–Kier alpha value is -2.58. The summed E-state index contributed by atoms with van der Waals surface area (Å²) >= 11 is 0. The fourth-order valence-electron chi connectivity index (χ4n) is 1.84. The number of benzene rings is 1. The molecule has 1 saturated heterocycles. The largest absolute Gasteiger partial charge is 0.366 e. The lowest BCUT2D eigenvalue weighted by Crippen LogP contribution is -2.47. The number of imide groups is 1. The highest BCUT2D eigenvalue weighted by molar-refractivity contribution is 6.01. The zero-order valence-corrected chi connectivity index (χ0v) is 9.98. The molecular formula is C11H9F2N3O4. The van der Waals surface area contributed by atoms with Crippen LogP contribution >= 0.6 is 0 Å². The van der Waals surface area contributed by atoms with Crippen molar-refractivity contribution in [2.24, 2.45) is 0 Å². The smallest absolute Gasteiger partial charge is 0.295 e. The van der Waals surface area contributed by atoms with Gasteiger partial charge in [-0.25, -0.2) is 8.78 Å². The van der Waals surface area contributed by atoms with Crippen molar-refractivity contribution in [2.45, 2.75) is 18.9 Å². The van der Waals surface area contributed by atoms with Gasteiger partial charge < -0.3 is 5.32 Å². The van der Waals surface area contributed by atoms with Crippen LogP contribution in [-0.2, 0) is 9.59 Å². The third-order valence-electron chi connectivity index (χ3n) is 2.83. The van der Waals surface area contributed by atoms with E-state index in [1.807, 2.05) is 5.32 Å². The minimum atomic E-state index is -1.44. The lowest BCUT2D eigenvalue weighted by Gasteiger charge is -2.22. The van der Waals surface area contributed by atoms with Gasteiger partial charge in [0.2, 0.25) is 11.8 Å². The quantitative estimate of drug-likeness (QED) is 0.492. The first-order chi connectivity index (χ1) is 9.40. The van der Waals surface area contributed by atoms with Crippen LogP contribution in [-0.4, -0.2) is 22.8 Å². The average molecular weight is 285 g/mol. The molecule has 20 heavy (non-hydrogen) atoms. The van der Waals surface area contributed by atoms with Gasteiger partial charge in [0.15, 0.2) is 17.3 Å². The Kier molecular flexibility index (Phi) is 3.59. The van der Waals surface area contributed by atoms with Gasteiger partial charge in [0.05, 0.1) is 4.92 Å². The summed E-state index contributed by atoms with van der Waals surface area (Å²) in [5.74, 6) is -3.93. The van der Waals surface area contributed by atoms with Crippen molar-refractivity contribution >= 4 is 23.2 Å². The Morgan fingerprint density at radius 1 is 1.35 bits per heavy atom. The van der Waals surface area contributed by atoms with Gasteiger partial charge in [0, 0.05) is 12.5 Å². The van der Waals surface area contributed by atoms with Crippen LogP contribution in [0.2, 0.25) is 0 Å². The number of piperidine rings is 1. The SMILES string of the molecule is O=C1CCC(Nc2c([N+](=O)[O-])ccc(F)c2F)C(=O)N1. The Bertz CT molecular complexity index is 606. The van der Waals surface area contributed by atoms with Crippen LogP contribution in [0.1, 0.15) is 12.8 Å². The number of nitro benzene ring substituents is 1. The number of amides is 2. The Balaban J connectivity index is 2.33. The van der Waals surface area contributed by atoms with E-state index in [0.29, 0.717) is 6.07 Å². The number of rotatable bonds is 3. The topological polar surface area (TPSA) is 101 Å². The first-order valence-corrected chi connectivity index (χ1v) is 5.62. The van der Waals surface area contributed by atoms with E-state index in [1.165, 1.54) is 0 Å². The van der Waals surface area contributed by atoms with Crippen LogP contribution in [0.4, 0.5) is 20.2 Å². The van der Waals surface area contributed by atoms with Gasteiger partial charge in [0.1, 0.15) is 6.04 Å². The summed E-state index contributed by atoms with van der Waals surface area (Å²) in [6.07, 6.45) is 0.0475. The highest BCUT2D eigenvalue weighted by Crippen LogP contribution is 2.30.